The van der Waals surface area contributed by atoms with Crippen LogP contribution in [0.3, 0.4) is 0 Å². The zero-order chi connectivity index (χ0) is 15.5. The Morgan fingerprint density at radius 2 is 2.09 bits per heavy atom. The molecule has 0 atom stereocenters. The van der Waals surface area contributed by atoms with Crippen LogP contribution in [0.1, 0.15) is 41.6 Å². The molecule has 0 spiro atoms. The summed E-state index contributed by atoms with van der Waals surface area (Å²) in [7, 11) is 0. The highest BCUT2D eigenvalue weighted by Gasteiger charge is 2.19. The van der Waals surface area contributed by atoms with Crippen LogP contribution < -0.4 is 5.43 Å². The van der Waals surface area contributed by atoms with Crippen molar-refractivity contribution in [2.45, 2.75) is 19.8 Å². The number of para-hydroxylation sites is 1. The Morgan fingerprint density at radius 1 is 1.27 bits per heavy atom. The van der Waals surface area contributed by atoms with Crippen molar-refractivity contribution in [2.24, 2.45) is 5.10 Å². The summed E-state index contributed by atoms with van der Waals surface area (Å²) in [5, 5.41) is 4.99. The van der Waals surface area contributed by atoms with Gasteiger partial charge in [-0.3, -0.25) is 4.79 Å². The smallest absolute Gasteiger partial charge is 0.288 e. The number of nitrogens with zero attached hydrogens (tertiary/aromatic N) is 1. The van der Waals surface area contributed by atoms with Gasteiger partial charge in [0.2, 0.25) is 0 Å². The minimum Gasteiger partial charge on any atom is -0.463 e. The lowest BCUT2D eigenvalue weighted by atomic mass is 9.99. The van der Waals surface area contributed by atoms with E-state index in [-0.39, 0.29) is 11.8 Å². The molecule has 0 radical (unpaired) electrons. The standard InChI is InChI=1S/C17H17N3O2/c1-11(2)15-13-7-3-4-8-14(13)19-16(15)17(21)20-18-10-12-6-5-9-22-12/h3-11,19H,1-2H3,(H,20,21)/b18-10+. The Morgan fingerprint density at radius 3 is 2.82 bits per heavy atom. The van der Waals surface area contributed by atoms with Crippen molar-refractivity contribution in [1.82, 2.24) is 10.4 Å². The number of hydrogen-bond acceptors (Lipinski definition) is 3. The van der Waals surface area contributed by atoms with E-state index in [0.29, 0.717) is 11.5 Å². The second-order valence-corrected chi connectivity index (χ2v) is 5.33. The lowest BCUT2D eigenvalue weighted by Crippen LogP contribution is -2.19. The molecular weight excluding hydrogens is 278 g/mol. The number of amides is 1. The molecule has 22 heavy (non-hydrogen) atoms. The molecule has 0 saturated heterocycles. The van der Waals surface area contributed by atoms with Crippen molar-refractivity contribution in [2.75, 3.05) is 0 Å². The fourth-order valence-corrected chi connectivity index (χ4v) is 2.52. The van der Waals surface area contributed by atoms with Gasteiger partial charge in [-0.2, -0.15) is 5.10 Å². The number of furan rings is 1. The molecule has 0 unspecified atom stereocenters. The van der Waals surface area contributed by atoms with E-state index in [1.54, 1.807) is 18.4 Å². The van der Waals surface area contributed by atoms with E-state index in [2.05, 4.69) is 29.4 Å². The predicted octanol–water partition coefficient (Wildman–Crippen LogP) is 3.65. The van der Waals surface area contributed by atoms with Gasteiger partial charge in [-0.25, -0.2) is 5.43 Å². The first-order valence-corrected chi connectivity index (χ1v) is 7.14. The Kier molecular flexibility index (Phi) is 3.78. The number of rotatable bonds is 4. The van der Waals surface area contributed by atoms with Gasteiger partial charge in [0.15, 0.2) is 0 Å². The Balaban J connectivity index is 1.88. The molecule has 2 N–H and O–H groups in total. The van der Waals surface area contributed by atoms with Crippen LogP contribution in [0.4, 0.5) is 0 Å². The van der Waals surface area contributed by atoms with Crippen LogP contribution in [0, 0.1) is 0 Å². The normalized spacial score (nSPS) is 11.6. The quantitative estimate of drug-likeness (QED) is 0.569. The molecule has 0 bridgehead atoms. The van der Waals surface area contributed by atoms with E-state index in [0.717, 1.165) is 16.5 Å². The van der Waals surface area contributed by atoms with Crippen molar-refractivity contribution in [1.29, 1.82) is 0 Å². The summed E-state index contributed by atoms with van der Waals surface area (Å²) in [6.07, 6.45) is 3.02. The molecule has 112 valence electrons. The molecule has 3 aromatic rings. The van der Waals surface area contributed by atoms with Gasteiger partial charge in [0.25, 0.3) is 5.91 Å². The summed E-state index contributed by atoms with van der Waals surface area (Å²) in [5.41, 5.74) is 5.03. The Labute approximate surface area is 128 Å². The van der Waals surface area contributed by atoms with Crippen LogP contribution >= 0.6 is 0 Å². The maximum Gasteiger partial charge on any atom is 0.288 e. The molecular formula is C17H17N3O2. The molecule has 5 heteroatoms. The Bertz CT molecular complexity index is 814. The van der Waals surface area contributed by atoms with Crippen molar-refractivity contribution < 1.29 is 9.21 Å². The number of hydrazone groups is 1. The molecule has 0 aliphatic rings. The van der Waals surface area contributed by atoms with Crippen molar-refractivity contribution in [3.63, 3.8) is 0 Å². The highest BCUT2D eigenvalue weighted by atomic mass is 16.3. The highest BCUT2D eigenvalue weighted by molar-refractivity contribution is 6.01. The first kappa shape index (κ1) is 14.1. The van der Waals surface area contributed by atoms with Crippen molar-refractivity contribution >= 4 is 23.0 Å². The summed E-state index contributed by atoms with van der Waals surface area (Å²) >= 11 is 0. The average molecular weight is 295 g/mol. The molecule has 0 fully saturated rings. The number of H-pyrrole nitrogens is 1. The zero-order valence-electron chi connectivity index (χ0n) is 12.5. The number of fused-ring (bicyclic) bond motifs is 1. The van der Waals surface area contributed by atoms with E-state index >= 15 is 0 Å². The van der Waals surface area contributed by atoms with Crippen LogP contribution in [-0.2, 0) is 0 Å². The maximum absolute atomic E-state index is 12.4. The van der Waals surface area contributed by atoms with Crippen LogP contribution in [0.5, 0.6) is 0 Å². The minimum atomic E-state index is -0.261. The molecule has 5 nitrogen and oxygen atoms in total. The largest absolute Gasteiger partial charge is 0.463 e. The summed E-state index contributed by atoms with van der Waals surface area (Å²) in [6.45, 7) is 4.14. The third-order valence-electron chi connectivity index (χ3n) is 3.45. The van der Waals surface area contributed by atoms with Gasteiger partial charge >= 0.3 is 0 Å². The second kappa shape index (κ2) is 5.89. The van der Waals surface area contributed by atoms with E-state index in [4.69, 9.17) is 4.42 Å². The van der Waals surface area contributed by atoms with Crippen LogP contribution in [0.25, 0.3) is 10.9 Å². The van der Waals surface area contributed by atoms with Crippen LogP contribution in [-0.4, -0.2) is 17.1 Å². The third kappa shape index (κ3) is 2.65. The predicted molar refractivity (Wildman–Crippen MR) is 86.2 cm³/mol. The first-order valence-electron chi connectivity index (χ1n) is 7.14. The molecule has 1 aromatic carbocycles. The first-order chi connectivity index (χ1) is 10.7. The topological polar surface area (TPSA) is 70.4 Å². The molecule has 2 heterocycles. The molecule has 0 saturated carbocycles. The number of benzene rings is 1. The van der Waals surface area contributed by atoms with E-state index in [1.807, 2.05) is 24.3 Å². The minimum absolute atomic E-state index is 0.228. The number of aromatic nitrogens is 1. The highest BCUT2D eigenvalue weighted by Crippen LogP contribution is 2.28. The number of nitrogens with one attached hydrogen (secondary N) is 2. The number of carbonyl (C=O) groups is 1. The lowest BCUT2D eigenvalue weighted by Gasteiger charge is -2.06. The molecule has 3 rings (SSSR count). The zero-order valence-corrected chi connectivity index (χ0v) is 12.5. The van der Waals surface area contributed by atoms with Crippen LogP contribution in [0.2, 0.25) is 0 Å². The summed E-state index contributed by atoms with van der Waals surface area (Å²) < 4.78 is 5.12. The van der Waals surface area contributed by atoms with E-state index in [1.165, 1.54) is 6.21 Å². The third-order valence-corrected chi connectivity index (χ3v) is 3.45. The van der Waals surface area contributed by atoms with Gasteiger partial charge in [0.05, 0.1) is 12.5 Å². The number of hydrogen-bond donors (Lipinski definition) is 2. The Hall–Kier alpha value is -2.82. The summed E-state index contributed by atoms with van der Waals surface area (Å²) in [5.74, 6) is 0.551. The maximum atomic E-state index is 12.4. The van der Waals surface area contributed by atoms with Gasteiger partial charge in [0, 0.05) is 10.9 Å². The van der Waals surface area contributed by atoms with Gasteiger partial charge in [0.1, 0.15) is 11.5 Å². The van der Waals surface area contributed by atoms with Gasteiger partial charge < -0.3 is 9.40 Å². The molecule has 0 aliphatic heterocycles. The summed E-state index contributed by atoms with van der Waals surface area (Å²) in [6, 6.07) is 11.4. The molecule has 1 amide bonds. The average Bonchev–Trinajstić information content (AvgIpc) is 3.13. The van der Waals surface area contributed by atoms with Crippen molar-refractivity contribution in [3.05, 3.63) is 59.7 Å². The van der Waals surface area contributed by atoms with Gasteiger partial charge in [-0.05, 0) is 29.7 Å². The van der Waals surface area contributed by atoms with Crippen molar-refractivity contribution in [3.8, 4) is 0 Å². The van der Waals surface area contributed by atoms with Crippen LogP contribution in [0.15, 0.2) is 52.2 Å². The fourth-order valence-electron chi connectivity index (χ4n) is 2.52. The number of carbonyl (C=O) groups excluding carboxylic acids is 1. The van der Waals surface area contributed by atoms with Gasteiger partial charge in [-0.15, -0.1) is 0 Å². The van der Waals surface area contributed by atoms with E-state index < -0.39 is 0 Å². The summed E-state index contributed by atoms with van der Waals surface area (Å²) in [4.78, 5) is 15.6. The number of aromatic amines is 1. The monoisotopic (exact) mass is 295 g/mol. The van der Waals surface area contributed by atoms with Gasteiger partial charge in [-0.1, -0.05) is 32.0 Å². The molecule has 2 aromatic heterocycles. The fraction of sp³-hybridized carbons (Fsp3) is 0.176. The lowest BCUT2D eigenvalue weighted by molar-refractivity contribution is 0.0949. The SMILES string of the molecule is CC(C)c1c(C(=O)N/N=C/c2ccco2)[nH]c2ccccc12. The molecule has 0 aliphatic carbocycles. The second-order valence-electron chi connectivity index (χ2n) is 5.33. The van der Waals surface area contributed by atoms with E-state index in [9.17, 15) is 4.79 Å².